The molecule has 1 atom stereocenters. The minimum atomic E-state index is -0.397. The van der Waals surface area contributed by atoms with Crippen molar-refractivity contribution in [3.8, 4) is 0 Å². The molecule has 3 heteroatoms. The fourth-order valence-electron chi connectivity index (χ4n) is 1.45. The molecule has 0 radical (unpaired) electrons. The molecular formula is C11H12ClFO. The van der Waals surface area contributed by atoms with E-state index in [1.807, 2.05) is 13.8 Å². The molecule has 0 spiro atoms. The fraction of sp³-hybridized carbons (Fsp3) is 0.364. The lowest BCUT2D eigenvalue weighted by Crippen LogP contribution is -2.13. The van der Waals surface area contributed by atoms with Gasteiger partial charge in [0.2, 0.25) is 5.24 Å². The van der Waals surface area contributed by atoms with Gasteiger partial charge in [0.25, 0.3) is 0 Å². The van der Waals surface area contributed by atoms with Gasteiger partial charge in [-0.05, 0) is 35.2 Å². The van der Waals surface area contributed by atoms with E-state index < -0.39 is 5.24 Å². The summed E-state index contributed by atoms with van der Waals surface area (Å²) >= 11 is 5.48. The van der Waals surface area contributed by atoms with Crippen LogP contribution in [-0.2, 0) is 4.79 Å². The molecule has 0 saturated heterocycles. The van der Waals surface area contributed by atoms with Gasteiger partial charge < -0.3 is 0 Å². The molecular weight excluding hydrogens is 203 g/mol. The van der Waals surface area contributed by atoms with Crippen LogP contribution in [0, 0.1) is 11.7 Å². The highest BCUT2D eigenvalue weighted by atomic mass is 35.5. The van der Waals surface area contributed by atoms with E-state index in [9.17, 15) is 9.18 Å². The number of benzene rings is 1. The lowest BCUT2D eigenvalue weighted by atomic mass is 9.90. The van der Waals surface area contributed by atoms with Gasteiger partial charge in [-0.1, -0.05) is 26.0 Å². The summed E-state index contributed by atoms with van der Waals surface area (Å²) in [6.07, 6.45) is 0. The van der Waals surface area contributed by atoms with Gasteiger partial charge in [0.1, 0.15) is 5.82 Å². The third kappa shape index (κ3) is 2.55. The summed E-state index contributed by atoms with van der Waals surface area (Å²) in [5, 5.41) is -0.397. The fourth-order valence-corrected chi connectivity index (χ4v) is 1.83. The predicted octanol–water partition coefficient (Wildman–Crippen LogP) is 3.33. The highest BCUT2D eigenvalue weighted by molar-refractivity contribution is 6.64. The van der Waals surface area contributed by atoms with Crippen LogP contribution in [0.2, 0.25) is 0 Å². The van der Waals surface area contributed by atoms with E-state index in [1.54, 1.807) is 12.1 Å². The maximum Gasteiger partial charge on any atom is 0.229 e. The molecule has 0 heterocycles. The molecule has 0 unspecified atom stereocenters. The molecule has 0 N–H and O–H groups in total. The van der Waals surface area contributed by atoms with Gasteiger partial charge in [0.15, 0.2) is 0 Å². The largest absolute Gasteiger partial charge is 0.281 e. The van der Waals surface area contributed by atoms with Crippen molar-refractivity contribution in [1.29, 1.82) is 0 Å². The third-order valence-corrected chi connectivity index (χ3v) is 2.38. The van der Waals surface area contributed by atoms with Gasteiger partial charge in [0.05, 0.1) is 5.92 Å². The van der Waals surface area contributed by atoms with Gasteiger partial charge in [-0.2, -0.15) is 0 Å². The van der Waals surface area contributed by atoms with Crippen LogP contribution >= 0.6 is 11.6 Å². The first-order valence-electron chi connectivity index (χ1n) is 4.47. The van der Waals surface area contributed by atoms with Crippen LogP contribution in [0.15, 0.2) is 24.3 Å². The summed E-state index contributed by atoms with van der Waals surface area (Å²) in [6, 6.07) is 5.87. The summed E-state index contributed by atoms with van der Waals surface area (Å²) in [6.45, 7) is 3.82. The smallest absolute Gasteiger partial charge is 0.229 e. The number of carbonyl (C=O) groups is 1. The van der Waals surface area contributed by atoms with E-state index >= 15 is 0 Å². The zero-order chi connectivity index (χ0) is 10.7. The van der Waals surface area contributed by atoms with E-state index in [1.165, 1.54) is 12.1 Å². The Balaban J connectivity index is 3.00. The number of carbonyl (C=O) groups excluding carboxylic acids is 1. The number of halogens is 2. The van der Waals surface area contributed by atoms with Gasteiger partial charge in [-0.15, -0.1) is 0 Å². The third-order valence-electron chi connectivity index (χ3n) is 2.14. The summed E-state index contributed by atoms with van der Waals surface area (Å²) in [5.74, 6) is -0.541. The van der Waals surface area contributed by atoms with Crippen LogP contribution in [0.4, 0.5) is 4.39 Å². The monoisotopic (exact) mass is 214 g/mol. The maximum atomic E-state index is 12.6. The Morgan fingerprint density at radius 2 is 1.79 bits per heavy atom. The minimum absolute atomic E-state index is 0.116. The highest BCUT2D eigenvalue weighted by Crippen LogP contribution is 2.26. The number of rotatable bonds is 3. The lowest BCUT2D eigenvalue weighted by molar-refractivity contribution is -0.113. The lowest BCUT2D eigenvalue weighted by Gasteiger charge is -2.16. The second-order valence-electron chi connectivity index (χ2n) is 3.58. The number of hydrogen-bond acceptors (Lipinski definition) is 1. The van der Waals surface area contributed by atoms with Gasteiger partial charge in [-0.3, -0.25) is 4.79 Å². The Morgan fingerprint density at radius 1 is 1.29 bits per heavy atom. The summed E-state index contributed by atoms with van der Waals surface area (Å²) < 4.78 is 12.6. The number of hydrogen-bond donors (Lipinski definition) is 0. The molecule has 0 aliphatic carbocycles. The van der Waals surface area contributed by atoms with Crippen LogP contribution in [0.1, 0.15) is 25.3 Å². The normalized spacial score (nSPS) is 12.9. The van der Waals surface area contributed by atoms with Crippen molar-refractivity contribution in [2.45, 2.75) is 19.8 Å². The zero-order valence-electron chi connectivity index (χ0n) is 8.13. The van der Waals surface area contributed by atoms with Crippen LogP contribution in [0.25, 0.3) is 0 Å². The Bertz CT molecular complexity index is 319. The first kappa shape index (κ1) is 11.2. The van der Waals surface area contributed by atoms with E-state index in [0.717, 1.165) is 5.56 Å². The van der Waals surface area contributed by atoms with Gasteiger partial charge in [-0.25, -0.2) is 4.39 Å². The van der Waals surface area contributed by atoms with Crippen molar-refractivity contribution in [3.63, 3.8) is 0 Å². The second-order valence-corrected chi connectivity index (χ2v) is 3.95. The molecule has 0 bridgehead atoms. The van der Waals surface area contributed by atoms with Crippen molar-refractivity contribution in [1.82, 2.24) is 0 Å². The summed E-state index contributed by atoms with van der Waals surface area (Å²) in [5.41, 5.74) is 0.765. The molecule has 1 rings (SSSR count). The minimum Gasteiger partial charge on any atom is -0.281 e. The van der Waals surface area contributed by atoms with Crippen molar-refractivity contribution in [2.24, 2.45) is 5.92 Å². The van der Waals surface area contributed by atoms with Crippen LogP contribution in [-0.4, -0.2) is 5.24 Å². The molecule has 0 amide bonds. The van der Waals surface area contributed by atoms with E-state index in [4.69, 9.17) is 11.6 Å². The van der Waals surface area contributed by atoms with Crippen molar-refractivity contribution in [3.05, 3.63) is 35.6 Å². The SMILES string of the molecule is CC(C)[C@@H](C(=O)Cl)c1ccc(F)cc1. The molecule has 0 aliphatic heterocycles. The second kappa shape index (κ2) is 4.56. The molecule has 0 saturated carbocycles. The molecule has 0 aliphatic rings. The summed E-state index contributed by atoms with van der Waals surface area (Å²) in [7, 11) is 0. The van der Waals surface area contributed by atoms with E-state index in [0.29, 0.717) is 0 Å². The van der Waals surface area contributed by atoms with Crippen LogP contribution in [0.5, 0.6) is 0 Å². The maximum absolute atomic E-state index is 12.6. The van der Waals surface area contributed by atoms with Crippen LogP contribution < -0.4 is 0 Å². The molecule has 1 aromatic carbocycles. The van der Waals surface area contributed by atoms with Gasteiger partial charge >= 0.3 is 0 Å². The molecule has 1 nitrogen and oxygen atoms in total. The van der Waals surface area contributed by atoms with Crippen LogP contribution in [0.3, 0.4) is 0 Å². The molecule has 14 heavy (non-hydrogen) atoms. The first-order chi connectivity index (χ1) is 6.52. The molecule has 0 fully saturated rings. The van der Waals surface area contributed by atoms with E-state index in [-0.39, 0.29) is 17.7 Å². The average Bonchev–Trinajstić information content (AvgIpc) is 2.07. The predicted molar refractivity (Wildman–Crippen MR) is 54.8 cm³/mol. The Morgan fingerprint density at radius 3 is 2.14 bits per heavy atom. The zero-order valence-corrected chi connectivity index (χ0v) is 8.88. The standard InChI is InChI=1S/C11H12ClFO/c1-7(2)10(11(12)14)8-3-5-9(13)6-4-8/h3-7,10H,1-2H3/t10-/m1/s1. The molecule has 1 aromatic rings. The van der Waals surface area contributed by atoms with Gasteiger partial charge in [0, 0.05) is 0 Å². The average molecular weight is 215 g/mol. The summed E-state index contributed by atoms with van der Waals surface area (Å²) in [4.78, 5) is 11.1. The molecule has 76 valence electrons. The quantitative estimate of drug-likeness (QED) is 0.706. The Kier molecular flexibility index (Phi) is 3.64. The molecule has 0 aromatic heterocycles. The van der Waals surface area contributed by atoms with Crippen molar-refractivity contribution < 1.29 is 9.18 Å². The highest BCUT2D eigenvalue weighted by Gasteiger charge is 2.22. The Labute approximate surface area is 87.9 Å². The topological polar surface area (TPSA) is 17.1 Å². The first-order valence-corrected chi connectivity index (χ1v) is 4.85. The van der Waals surface area contributed by atoms with Crippen molar-refractivity contribution in [2.75, 3.05) is 0 Å². The van der Waals surface area contributed by atoms with Crippen molar-refractivity contribution >= 4 is 16.8 Å². The Hall–Kier alpha value is -0.890. The van der Waals surface area contributed by atoms with E-state index in [2.05, 4.69) is 0 Å².